The smallest absolute Gasteiger partial charge is 0.258 e. The lowest BCUT2D eigenvalue weighted by Gasteiger charge is -2.10. The lowest BCUT2D eigenvalue weighted by atomic mass is 10.1. The van der Waals surface area contributed by atoms with Gasteiger partial charge in [-0.3, -0.25) is 4.79 Å². The van der Waals surface area contributed by atoms with Gasteiger partial charge in [-0.1, -0.05) is 6.07 Å². The van der Waals surface area contributed by atoms with E-state index in [4.69, 9.17) is 5.73 Å². The van der Waals surface area contributed by atoms with Crippen molar-refractivity contribution in [1.29, 1.82) is 0 Å². The summed E-state index contributed by atoms with van der Waals surface area (Å²) in [6.07, 6.45) is 0. The van der Waals surface area contributed by atoms with Crippen LogP contribution in [0, 0.1) is 18.6 Å². The first-order chi connectivity index (χ1) is 8.99. The number of amides is 1. The summed E-state index contributed by atoms with van der Waals surface area (Å²) in [6, 6.07) is 7.72. The first kappa shape index (κ1) is 13.0. The molecule has 0 radical (unpaired) electrons. The molecule has 2 aromatic carbocycles. The number of hydrogen-bond acceptors (Lipinski definition) is 2. The van der Waals surface area contributed by atoms with Gasteiger partial charge in [-0.05, 0) is 42.8 Å². The van der Waals surface area contributed by atoms with Crippen molar-refractivity contribution in [2.24, 2.45) is 0 Å². The normalized spacial score (nSPS) is 10.3. The molecule has 1 amide bonds. The predicted octanol–water partition coefficient (Wildman–Crippen LogP) is 3.11. The van der Waals surface area contributed by atoms with Crippen LogP contribution in [0.25, 0.3) is 0 Å². The van der Waals surface area contributed by atoms with Gasteiger partial charge < -0.3 is 11.1 Å². The van der Waals surface area contributed by atoms with Gasteiger partial charge in [-0.15, -0.1) is 0 Å². The fourth-order valence-electron chi connectivity index (χ4n) is 1.65. The highest BCUT2D eigenvalue weighted by atomic mass is 19.1. The van der Waals surface area contributed by atoms with Gasteiger partial charge in [0.2, 0.25) is 0 Å². The minimum atomic E-state index is -0.777. The van der Waals surface area contributed by atoms with E-state index in [2.05, 4.69) is 5.32 Å². The Labute approximate surface area is 109 Å². The number of anilines is 2. The van der Waals surface area contributed by atoms with Crippen molar-refractivity contribution in [2.45, 2.75) is 6.92 Å². The number of nitrogens with two attached hydrogens (primary N) is 1. The van der Waals surface area contributed by atoms with E-state index >= 15 is 0 Å². The zero-order valence-corrected chi connectivity index (χ0v) is 10.2. The zero-order chi connectivity index (χ0) is 14.0. The van der Waals surface area contributed by atoms with Crippen LogP contribution < -0.4 is 11.1 Å². The van der Waals surface area contributed by atoms with Crippen LogP contribution in [-0.4, -0.2) is 5.91 Å². The summed E-state index contributed by atoms with van der Waals surface area (Å²) in [6.45, 7) is 1.73. The maximum atomic E-state index is 13.5. The van der Waals surface area contributed by atoms with Gasteiger partial charge in [0, 0.05) is 11.4 Å². The number of rotatable bonds is 2. The van der Waals surface area contributed by atoms with Crippen molar-refractivity contribution in [1.82, 2.24) is 0 Å². The quantitative estimate of drug-likeness (QED) is 0.817. The molecule has 0 aliphatic rings. The molecule has 19 heavy (non-hydrogen) atoms. The highest BCUT2D eigenvalue weighted by Crippen LogP contribution is 2.21. The van der Waals surface area contributed by atoms with E-state index in [1.165, 1.54) is 0 Å². The molecule has 5 heteroatoms. The second-order valence-corrected chi connectivity index (χ2v) is 4.10. The second kappa shape index (κ2) is 5.06. The van der Waals surface area contributed by atoms with Crippen molar-refractivity contribution >= 4 is 17.3 Å². The van der Waals surface area contributed by atoms with E-state index in [1.54, 1.807) is 25.1 Å². The summed E-state index contributed by atoms with van der Waals surface area (Å²) in [5, 5.41) is 2.51. The third kappa shape index (κ3) is 2.70. The molecule has 0 aromatic heterocycles. The van der Waals surface area contributed by atoms with Crippen LogP contribution in [0.4, 0.5) is 20.2 Å². The first-order valence-electron chi connectivity index (χ1n) is 5.60. The summed E-state index contributed by atoms with van der Waals surface area (Å²) in [4.78, 5) is 11.9. The highest BCUT2D eigenvalue weighted by molar-refractivity contribution is 6.05. The van der Waals surface area contributed by atoms with Gasteiger partial charge in [0.05, 0.1) is 5.56 Å². The van der Waals surface area contributed by atoms with Crippen LogP contribution in [-0.2, 0) is 0 Å². The number of carbonyl (C=O) groups is 1. The van der Waals surface area contributed by atoms with Crippen molar-refractivity contribution in [2.75, 3.05) is 11.1 Å². The number of halogens is 2. The fraction of sp³-hybridized carbons (Fsp3) is 0.0714. The van der Waals surface area contributed by atoms with Gasteiger partial charge >= 0.3 is 0 Å². The van der Waals surface area contributed by atoms with Crippen LogP contribution in [0.5, 0.6) is 0 Å². The number of carbonyl (C=O) groups excluding carboxylic acids is 1. The van der Waals surface area contributed by atoms with Crippen molar-refractivity contribution < 1.29 is 13.6 Å². The minimum absolute atomic E-state index is 0.346. The van der Waals surface area contributed by atoms with Gasteiger partial charge in [0.1, 0.15) is 11.6 Å². The van der Waals surface area contributed by atoms with Gasteiger partial charge in [0.25, 0.3) is 5.91 Å². The van der Waals surface area contributed by atoms with Crippen molar-refractivity contribution in [3.8, 4) is 0 Å². The molecule has 0 spiro atoms. The molecule has 0 fully saturated rings. The molecule has 98 valence electrons. The molecule has 0 saturated heterocycles. The number of hydrogen-bond donors (Lipinski definition) is 2. The number of benzene rings is 2. The molecule has 3 N–H and O–H groups in total. The lowest BCUT2D eigenvalue weighted by molar-refractivity contribution is 0.102. The molecule has 0 atom stereocenters. The monoisotopic (exact) mass is 262 g/mol. The Bertz CT molecular complexity index is 641. The van der Waals surface area contributed by atoms with E-state index < -0.39 is 17.5 Å². The van der Waals surface area contributed by atoms with Gasteiger partial charge in [-0.25, -0.2) is 8.78 Å². The minimum Gasteiger partial charge on any atom is -0.398 e. The van der Waals surface area contributed by atoms with Crippen LogP contribution in [0.2, 0.25) is 0 Å². The van der Waals surface area contributed by atoms with Crippen LogP contribution in [0.3, 0.4) is 0 Å². The highest BCUT2D eigenvalue weighted by Gasteiger charge is 2.14. The van der Waals surface area contributed by atoms with Gasteiger partial charge in [-0.2, -0.15) is 0 Å². The summed E-state index contributed by atoms with van der Waals surface area (Å²) >= 11 is 0. The standard InChI is InChI=1S/C14H12F2N2O/c1-8-12(17)3-2-4-13(8)18-14(19)10-7-9(15)5-6-11(10)16/h2-7H,17H2,1H3,(H,18,19). The Morgan fingerprint density at radius 2 is 1.95 bits per heavy atom. The summed E-state index contributed by atoms with van der Waals surface area (Å²) in [7, 11) is 0. The number of nitrogens with one attached hydrogen (secondary N) is 1. The van der Waals surface area contributed by atoms with Crippen LogP contribution in [0.1, 0.15) is 15.9 Å². The Kier molecular flexibility index (Phi) is 3.46. The maximum Gasteiger partial charge on any atom is 0.258 e. The SMILES string of the molecule is Cc1c(N)cccc1NC(=O)c1cc(F)ccc1F. The van der Waals surface area contributed by atoms with E-state index in [9.17, 15) is 13.6 Å². The first-order valence-corrected chi connectivity index (χ1v) is 5.60. The average molecular weight is 262 g/mol. The number of nitrogen functional groups attached to an aromatic ring is 1. The molecule has 0 unspecified atom stereocenters. The van der Waals surface area contributed by atoms with E-state index in [0.717, 1.165) is 18.2 Å². The molecular weight excluding hydrogens is 250 g/mol. The molecule has 2 aromatic rings. The average Bonchev–Trinajstić information content (AvgIpc) is 2.38. The molecule has 3 nitrogen and oxygen atoms in total. The topological polar surface area (TPSA) is 55.1 Å². The molecule has 0 saturated carbocycles. The Morgan fingerprint density at radius 3 is 2.68 bits per heavy atom. The van der Waals surface area contributed by atoms with E-state index in [-0.39, 0.29) is 5.56 Å². The largest absolute Gasteiger partial charge is 0.398 e. The van der Waals surface area contributed by atoms with Crippen molar-refractivity contribution in [3.05, 3.63) is 59.2 Å². The summed E-state index contributed by atoms with van der Waals surface area (Å²) < 4.78 is 26.5. The molecule has 2 rings (SSSR count). The fourth-order valence-corrected chi connectivity index (χ4v) is 1.65. The molecule has 0 bridgehead atoms. The lowest BCUT2D eigenvalue weighted by Crippen LogP contribution is -2.15. The van der Waals surface area contributed by atoms with Crippen molar-refractivity contribution in [3.63, 3.8) is 0 Å². The molecular formula is C14H12F2N2O. The molecule has 0 aliphatic heterocycles. The summed E-state index contributed by atoms with van der Waals surface area (Å²) in [5.74, 6) is -2.16. The predicted molar refractivity (Wildman–Crippen MR) is 69.9 cm³/mol. The Balaban J connectivity index is 2.31. The summed E-state index contributed by atoms with van der Waals surface area (Å²) in [5.41, 5.74) is 7.01. The molecule has 0 aliphatic carbocycles. The van der Waals surface area contributed by atoms with E-state index in [1.807, 2.05) is 0 Å². The third-order valence-corrected chi connectivity index (χ3v) is 2.80. The van der Waals surface area contributed by atoms with Gasteiger partial charge in [0.15, 0.2) is 0 Å². The zero-order valence-electron chi connectivity index (χ0n) is 10.2. The third-order valence-electron chi connectivity index (χ3n) is 2.80. The Hall–Kier alpha value is -2.43. The molecule has 0 heterocycles. The van der Waals surface area contributed by atoms with Crippen LogP contribution in [0.15, 0.2) is 36.4 Å². The van der Waals surface area contributed by atoms with E-state index in [0.29, 0.717) is 16.9 Å². The Morgan fingerprint density at radius 1 is 1.21 bits per heavy atom. The van der Waals surface area contributed by atoms with Crippen LogP contribution >= 0.6 is 0 Å². The maximum absolute atomic E-state index is 13.5. The second-order valence-electron chi connectivity index (χ2n) is 4.10.